The van der Waals surface area contributed by atoms with Crippen LogP contribution in [-0.2, 0) is 6.54 Å². The predicted molar refractivity (Wildman–Crippen MR) is 61.1 cm³/mol. The average molecular weight is 219 g/mol. The molecule has 4 N–H and O–H groups in total. The monoisotopic (exact) mass is 219 g/mol. The van der Waals surface area contributed by atoms with Crippen LogP contribution in [0, 0.1) is 0 Å². The van der Waals surface area contributed by atoms with E-state index in [0.717, 1.165) is 11.3 Å². The van der Waals surface area contributed by atoms with Crippen molar-refractivity contribution in [1.29, 1.82) is 0 Å². The summed E-state index contributed by atoms with van der Waals surface area (Å²) in [4.78, 5) is 4.01. The highest BCUT2D eigenvalue weighted by molar-refractivity contribution is 5.47. The van der Waals surface area contributed by atoms with E-state index in [1.54, 1.807) is 19.5 Å². The molecular weight excluding hydrogens is 206 g/mol. The highest BCUT2D eigenvalue weighted by Crippen LogP contribution is 2.15. The fourth-order valence-electron chi connectivity index (χ4n) is 1.29. The van der Waals surface area contributed by atoms with Gasteiger partial charge in [0.1, 0.15) is 5.82 Å². The third kappa shape index (κ3) is 2.22. The van der Waals surface area contributed by atoms with Crippen molar-refractivity contribution in [3.8, 4) is 5.88 Å². The van der Waals surface area contributed by atoms with Crippen molar-refractivity contribution < 1.29 is 4.74 Å². The Morgan fingerprint density at radius 3 is 3.12 bits per heavy atom. The summed E-state index contributed by atoms with van der Waals surface area (Å²) in [5.74, 6) is 1.15. The molecule has 0 unspecified atom stereocenters. The van der Waals surface area contributed by atoms with Crippen LogP contribution in [0.1, 0.15) is 5.56 Å². The Balaban J connectivity index is 2.02. The van der Waals surface area contributed by atoms with Crippen LogP contribution in [0.5, 0.6) is 5.88 Å². The fourth-order valence-corrected chi connectivity index (χ4v) is 1.29. The average Bonchev–Trinajstić information content (AvgIpc) is 2.72. The molecule has 2 rings (SSSR count). The van der Waals surface area contributed by atoms with E-state index in [-0.39, 0.29) is 0 Å². The molecule has 0 saturated carbocycles. The molecule has 0 bridgehead atoms. The fraction of sp³-hybridized carbons (Fsp3) is 0.200. The van der Waals surface area contributed by atoms with Crippen LogP contribution in [0.2, 0.25) is 0 Å². The number of ether oxygens (including phenoxy) is 1. The normalized spacial score (nSPS) is 10.1. The van der Waals surface area contributed by atoms with Gasteiger partial charge in [-0.25, -0.2) is 4.98 Å². The number of H-pyrrole nitrogens is 1. The van der Waals surface area contributed by atoms with E-state index < -0.39 is 0 Å². The van der Waals surface area contributed by atoms with Crippen LogP contribution < -0.4 is 15.8 Å². The minimum absolute atomic E-state index is 0.574. The molecule has 84 valence electrons. The summed E-state index contributed by atoms with van der Waals surface area (Å²) >= 11 is 0. The molecule has 0 amide bonds. The predicted octanol–water partition coefficient (Wildman–Crippen LogP) is 1.01. The van der Waals surface area contributed by atoms with Crippen molar-refractivity contribution in [3.05, 3.63) is 30.1 Å². The minimum atomic E-state index is 0.574. The molecule has 16 heavy (non-hydrogen) atoms. The number of aromatic amines is 1. The number of nitrogens with two attached hydrogens (primary N) is 1. The molecule has 6 heteroatoms. The second kappa shape index (κ2) is 4.52. The highest BCUT2D eigenvalue weighted by Gasteiger charge is 2.01. The zero-order valence-electron chi connectivity index (χ0n) is 8.90. The molecule has 2 heterocycles. The van der Waals surface area contributed by atoms with Gasteiger partial charge in [0.15, 0.2) is 0 Å². The first-order valence-corrected chi connectivity index (χ1v) is 4.81. The van der Waals surface area contributed by atoms with Gasteiger partial charge < -0.3 is 15.8 Å². The van der Waals surface area contributed by atoms with E-state index in [9.17, 15) is 0 Å². The van der Waals surface area contributed by atoms with Gasteiger partial charge >= 0.3 is 0 Å². The maximum Gasteiger partial charge on any atom is 0.214 e. The van der Waals surface area contributed by atoms with Gasteiger partial charge in [-0.1, -0.05) is 0 Å². The Morgan fingerprint density at radius 2 is 2.44 bits per heavy atom. The van der Waals surface area contributed by atoms with Crippen LogP contribution in [-0.4, -0.2) is 22.3 Å². The lowest BCUT2D eigenvalue weighted by atomic mass is 10.3. The van der Waals surface area contributed by atoms with Crippen LogP contribution in [0.25, 0.3) is 0 Å². The van der Waals surface area contributed by atoms with Crippen molar-refractivity contribution >= 4 is 11.5 Å². The number of nitrogens with zero attached hydrogens (tertiary/aromatic N) is 2. The molecule has 0 radical (unpaired) electrons. The SMILES string of the molecule is COc1cc(NCc2cn[nH]c2N)ccn1. The maximum atomic E-state index is 5.67. The van der Waals surface area contributed by atoms with Gasteiger partial charge in [0, 0.05) is 30.1 Å². The van der Waals surface area contributed by atoms with Crippen molar-refractivity contribution in [2.45, 2.75) is 6.54 Å². The van der Waals surface area contributed by atoms with E-state index in [4.69, 9.17) is 10.5 Å². The zero-order chi connectivity index (χ0) is 11.4. The quantitative estimate of drug-likeness (QED) is 0.714. The number of rotatable bonds is 4. The Morgan fingerprint density at radius 1 is 1.56 bits per heavy atom. The van der Waals surface area contributed by atoms with Crippen molar-refractivity contribution in [1.82, 2.24) is 15.2 Å². The zero-order valence-corrected chi connectivity index (χ0v) is 8.90. The Labute approximate surface area is 92.8 Å². The molecule has 2 aromatic rings. The second-order valence-corrected chi connectivity index (χ2v) is 3.25. The Kier molecular flexibility index (Phi) is 2.90. The number of methoxy groups -OCH3 is 1. The van der Waals surface area contributed by atoms with E-state index in [1.165, 1.54) is 0 Å². The van der Waals surface area contributed by atoms with Gasteiger partial charge in [-0.2, -0.15) is 5.10 Å². The molecule has 0 aromatic carbocycles. The van der Waals surface area contributed by atoms with Crippen molar-refractivity contribution in [3.63, 3.8) is 0 Å². The third-order valence-electron chi connectivity index (χ3n) is 2.18. The summed E-state index contributed by atoms with van der Waals surface area (Å²) in [5, 5.41) is 9.72. The first-order chi connectivity index (χ1) is 7.79. The van der Waals surface area contributed by atoms with Gasteiger partial charge in [0.2, 0.25) is 5.88 Å². The number of hydrogen-bond acceptors (Lipinski definition) is 5. The van der Waals surface area contributed by atoms with E-state index >= 15 is 0 Å². The number of pyridine rings is 1. The smallest absolute Gasteiger partial charge is 0.214 e. The van der Waals surface area contributed by atoms with Crippen LogP contribution in [0.4, 0.5) is 11.5 Å². The van der Waals surface area contributed by atoms with Gasteiger partial charge in [-0.15, -0.1) is 0 Å². The number of aromatic nitrogens is 3. The molecule has 6 nitrogen and oxygen atoms in total. The summed E-state index contributed by atoms with van der Waals surface area (Å²) in [6, 6.07) is 3.68. The van der Waals surface area contributed by atoms with E-state index in [0.29, 0.717) is 18.2 Å². The van der Waals surface area contributed by atoms with Gasteiger partial charge in [-0.3, -0.25) is 5.10 Å². The van der Waals surface area contributed by atoms with Gasteiger partial charge in [0.05, 0.1) is 13.3 Å². The first kappa shape index (κ1) is 10.3. The third-order valence-corrected chi connectivity index (χ3v) is 2.18. The summed E-state index contributed by atoms with van der Waals surface area (Å²) in [5.41, 5.74) is 7.52. The summed E-state index contributed by atoms with van der Waals surface area (Å²) in [6.45, 7) is 0.607. The number of nitrogen functional groups attached to an aromatic ring is 1. The molecule has 0 fully saturated rings. The van der Waals surface area contributed by atoms with Gasteiger partial charge in [-0.05, 0) is 6.07 Å². The van der Waals surface area contributed by atoms with Crippen LogP contribution in [0.15, 0.2) is 24.5 Å². The second-order valence-electron chi connectivity index (χ2n) is 3.25. The lowest BCUT2D eigenvalue weighted by molar-refractivity contribution is 0.398. The lowest BCUT2D eigenvalue weighted by Crippen LogP contribution is -2.01. The number of nitrogens with one attached hydrogen (secondary N) is 2. The molecule has 0 saturated heterocycles. The highest BCUT2D eigenvalue weighted by atomic mass is 16.5. The van der Waals surface area contributed by atoms with Crippen molar-refractivity contribution in [2.75, 3.05) is 18.2 Å². The first-order valence-electron chi connectivity index (χ1n) is 4.81. The standard InChI is InChI=1S/C10H13N5O/c1-16-9-4-8(2-3-12-9)13-5-7-6-14-15-10(7)11/h2-4,6H,5H2,1H3,(H,12,13)(H3,11,14,15). The van der Waals surface area contributed by atoms with Crippen molar-refractivity contribution in [2.24, 2.45) is 0 Å². The number of hydrogen-bond donors (Lipinski definition) is 3. The summed E-state index contributed by atoms with van der Waals surface area (Å²) in [7, 11) is 1.58. The molecule has 0 aliphatic carbocycles. The van der Waals surface area contributed by atoms with Gasteiger partial charge in [0.25, 0.3) is 0 Å². The molecule has 0 aliphatic rings. The molecule has 0 aliphatic heterocycles. The Bertz CT molecular complexity index is 468. The number of anilines is 2. The Hall–Kier alpha value is -2.24. The summed E-state index contributed by atoms with van der Waals surface area (Å²) in [6.07, 6.45) is 3.38. The molecule has 0 atom stereocenters. The van der Waals surface area contributed by atoms with E-state index in [2.05, 4.69) is 20.5 Å². The molecule has 2 aromatic heterocycles. The van der Waals surface area contributed by atoms with Crippen LogP contribution >= 0.6 is 0 Å². The largest absolute Gasteiger partial charge is 0.481 e. The van der Waals surface area contributed by atoms with Crippen LogP contribution in [0.3, 0.4) is 0 Å². The topological polar surface area (TPSA) is 88.8 Å². The summed E-state index contributed by atoms with van der Waals surface area (Å²) < 4.78 is 5.02. The molecular formula is C10H13N5O. The lowest BCUT2D eigenvalue weighted by Gasteiger charge is -2.06. The molecule has 0 spiro atoms. The maximum absolute atomic E-state index is 5.67. The minimum Gasteiger partial charge on any atom is -0.481 e. The van der Waals surface area contributed by atoms with E-state index in [1.807, 2.05) is 12.1 Å².